The van der Waals surface area contributed by atoms with Crippen molar-refractivity contribution in [1.29, 1.82) is 0 Å². The molecule has 1 aromatic heterocycles. The van der Waals surface area contributed by atoms with Crippen LogP contribution in [0.15, 0.2) is 12.3 Å². The first-order valence-corrected chi connectivity index (χ1v) is 5.41. The van der Waals surface area contributed by atoms with Crippen LogP contribution in [0.5, 0.6) is 5.88 Å². The molecule has 0 amide bonds. The molecule has 0 aliphatic heterocycles. The number of nitrogens with two attached hydrogens (primary N) is 1. The second-order valence-electron chi connectivity index (χ2n) is 4.60. The number of aromatic nitrogens is 2. The average molecular weight is 224 g/mol. The number of nitrogens with zero attached hydrogens (tertiary/aromatic N) is 2. The molecule has 0 radical (unpaired) electrons. The van der Waals surface area contributed by atoms with E-state index in [2.05, 4.69) is 15.3 Å². The van der Waals surface area contributed by atoms with E-state index in [9.17, 15) is 0 Å². The monoisotopic (exact) mass is 224 g/mol. The minimum absolute atomic E-state index is 0.102. The van der Waals surface area contributed by atoms with Crippen LogP contribution in [0.25, 0.3) is 0 Å². The second-order valence-corrected chi connectivity index (χ2v) is 4.60. The Morgan fingerprint density at radius 3 is 2.75 bits per heavy atom. The highest BCUT2D eigenvalue weighted by Crippen LogP contribution is 2.13. The molecule has 1 aromatic rings. The molecule has 0 spiro atoms. The second kappa shape index (κ2) is 5.12. The van der Waals surface area contributed by atoms with Crippen molar-refractivity contribution in [2.75, 3.05) is 11.9 Å². The lowest BCUT2D eigenvalue weighted by molar-refractivity contribution is 0.232. The third kappa shape index (κ3) is 4.02. The Bertz CT molecular complexity index is 339. The van der Waals surface area contributed by atoms with E-state index in [1.807, 2.05) is 27.7 Å². The molecule has 0 aliphatic rings. The molecule has 1 heterocycles. The summed E-state index contributed by atoms with van der Waals surface area (Å²) in [4.78, 5) is 8.37. The summed E-state index contributed by atoms with van der Waals surface area (Å²) < 4.78 is 5.48. The van der Waals surface area contributed by atoms with Gasteiger partial charge in [0.2, 0.25) is 11.8 Å². The molecule has 0 saturated carbocycles. The minimum atomic E-state index is -0.226. The van der Waals surface area contributed by atoms with Gasteiger partial charge in [0.1, 0.15) is 0 Å². The van der Waals surface area contributed by atoms with Crippen molar-refractivity contribution in [2.24, 2.45) is 5.73 Å². The topological polar surface area (TPSA) is 73.1 Å². The standard InChI is InChI=1S/C11H20N4O/c1-8(2)16-9-5-6-13-10(14-9)15-11(3,4)7-12/h5-6,8H,7,12H2,1-4H3,(H,13,14,15). The van der Waals surface area contributed by atoms with Crippen molar-refractivity contribution in [1.82, 2.24) is 9.97 Å². The lowest BCUT2D eigenvalue weighted by Crippen LogP contribution is -2.39. The van der Waals surface area contributed by atoms with Crippen LogP contribution in [-0.4, -0.2) is 28.2 Å². The maximum Gasteiger partial charge on any atom is 0.226 e. The average Bonchev–Trinajstić information content (AvgIpc) is 2.16. The van der Waals surface area contributed by atoms with Crippen molar-refractivity contribution < 1.29 is 4.74 Å². The number of hydrogen-bond donors (Lipinski definition) is 2. The summed E-state index contributed by atoms with van der Waals surface area (Å²) in [6, 6.07) is 1.74. The highest BCUT2D eigenvalue weighted by molar-refractivity contribution is 5.31. The number of hydrogen-bond acceptors (Lipinski definition) is 5. The molecule has 16 heavy (non-hydrogen) atoms. The molecule has 0 atom stereocenters. The van der Waals surface area contributed by atoms with Gasteiger partial charge in [0.15, 0.2) is 0 Å². The zero-order valence-electron chi connectivity index (χ0n) is 10.3. The maximum atomic E-state index is 5.62. The van der Waals surface area contributed by atoms with Gasteiger partial charge in [-0.05, 0) is 27.7 Å². The van der Waals surface area contributed by atoms with Crippen LogP contribution in [0.4, 0.5) is 5.95 Å². The molecule has 5 heteroatoms. The molecule has 0 saturated heterocycles. The first kappa shape index (κ1) is 12.7. The van der Waals surface area contributed by atoms with E-state index >= 15 is 0 Å². The molecule has 1 rings (SSSR count). The first-order valence-electron chi connectivity index (χ1n) is 5.41. The Kier molecular flexibility index (Phi) is 4.06. The quantitative estimate of drug-likeness (QED) is 0.791. The van der Waals surface area contributed by atoms with Gasteiger partial charge in [-0.3, -0.25) is 0 Å². The van der Waals surface area contributed by atoms with Gasteiger partial charge < -0.3 is 15.8 Å². The van der Waals surface area contributed by atoms with E-state index in [0.29, 0.717) is 18.4 Å². The number of anilines is 1. The molecule has 0 fully saturated rings. The van der Waals surface area contributed by atoms with Gasteiger partial charge >= 0.3 is 0 Å². The number of ether oxygens (including phenoxy) is 1. The van der Waals surface area contributed by atoms with Crippen molar-refractivity contribution in [3.8, 4) is 5.88 Å². The molecule has 90 valence electrons. The van der Waals surface area contributed by atoms with Crippen LogP contribution < -0.4 is 15.8 Å². The van der Waals surface area contributed by atoms with E-state index < -0.39 is 0 Å². The Balaban J connectivity index is 2.74. The Morgan fingerprint density at radius 1 is 1.50 bits per heavy atom. The Labute approximate surface area is 96.4 Å². The highest BCUT2D eigenvalue weighted by Gasteiger charge is 2.16. The Hall–Kier alpha value is -1.36. The molecular weight excluding hydrogens is 204 g/mol. The zero-order valence-corrected chi connectivity index (χ0v) is 10.3. The van der Waals surface area contributed by atoms with Gasteiger partial charge in [-0.25, -0.2) is 4.98 Å². The van der Waals surface area contributed by atoms with Gasteiger partial charge in [0.25, 0.3) is 0 Å². The van der Waals surface area contributed by atoms with Crippen molar-refractivity contribution >= 4 is 5.95 Å². The molecular formula is C11H20N4O. The van der Waals surface area contributed by atoms with Crippen molar-refractivity contribution in [3.05, 3.63) is 12.3 Å². The fourth-order valence-corrected chi connectivity index (χ4v) is 1.06. The predicted molar refractivity (Wildman–Crippen MR) is 64.6 cm³/mol. The predicted octanol–water partition coefficient (Wildman–Crippen LogP) is 1.41. The maximum absolute atomic E-state index is 5.62. The first-order chi connectivity index (χ1) is 7.43. The largest absolute Gasteiger partial charge is 0.475 e. The zero-order chi connectivity index (χ0) is 12.2. The SMILES string of the molecule is CC(C)Oc1ccnc(NC(C)(C)CN)n1. The van der Waals surface area contributed by atoms with E-state index in [1.165, 1.54) is 0 Å². The lowest BCUT2D eigenvalue weighted by atomic mass is 10.1. The van der Waals surface area contributed by atoms with Crippen LogP contribution in [0, 0.1) is 0 Å². The molecule has 0 aliphatic carbocycles. The van der Waals surface area contributed by atoms with Gasteiger partial charge in [0.05, 0.1) is 6.10 Å². The third-order valence-corrected chi connectivity index (χ3v) is 1.95. The van der Waals surface area contributed by atoms with Gasteiger partial charge in [-0.2, -0.15) is 4.98 Å². The number of rotatable bonds is 5. The van der Waals surface area contributed by atoms with Crippen LogP contribution in [0.2, 0.25) is 0 Å². The number of nitrogens with one attached hydrogen (secondary N) is 1. The summed E-state index contributed by atoms with van der Waals surface area (Å²) in [5, 5.41) is 3.15. The Morgan fingerprint density at radius 2 is 2.19 bits per heavy atom. The third-order valence-electron chi connectivity index (χ3n) is 1.95. The minimum Gasteiger partial charge on any atom is -0.475 e. The highest BCUT2D eigenvalue weighted by atomic mass is 16.5. The van der Waals surface area contributed by atoms with E-state index in [0.717, 1.165) is 0 Å². The fourth-order valence-electron chi connectivity index (χ4n) is 1.06. The summed E-state index contributed by atoms with van der Waals surface area (Å²) >= 11 is 0. The van der Waals surface area contributed by atoms with Crippen LogP contribution in [0.1, 0.15) is 27.7 Å². The lowest BCUT2D eigenvalue weighted by Gasteiger charge is -2.24. The van der Waals surface area contributed by atoms with Crippen LogP contribution in [-0.2, 0) is 0 Å². The molecule has 0 bridgehead atoms. The van der Waals surface area contributed by atoms with Crippen LogP contribution >= 0.6 is 0 Å². The van der Waals surface area contributed by atoms with Gasteiger partial charge in [0, 0.05) is 24.3 Å². The van der Waals surface area contributed by atoms with Crippen LogP contribution in [0.3, 0.4) is 0 Å². The molecule has 0 unspecified atom stereocenters. The summed E-state index contributed by atoms with van der Waals surface area (Å²) in [6.07, 6.45) is 1.77. The van der Waals surface area contributed by atoms with E-state index in [1.54, 1.807) is 12.3 Å². The van der Waals surface area contributed by atoms with Gasteiger partial charge in [-0.1, -0.05) is 0 Å². The molecule has 3 N–H and O–H groups in total. The van der Waals surface area contributed by atoms with Gasteiger partial charge in [-0.15, -0.1) is 0 Å². The fraction of sp³-hybridized carbons (Fsp3) is 0.636. The smallest absolute Gasteiger partial charge is 0.226 e. The van der Waals surface area contributed by atoms with E-state index in [4.69, 9.17) is 10.5 Å². The summed E-state index contributed by atoms with van der Waals surface area (Å²) in [5.74, 6) is 1.11. The summed E-state index contributed by atoms with van der Waals surface area (Å²) in [7, 11) is 0. The van der Waals surface area contributed by atoms with Crippen molar-refractivity contribution in [2.45, 2.75) is 39.3 Å². The molecule has 0 aromatic carbocycles. The summed E-state index contributed by atoms with van der Waals surface area (Å²) in [6.45, 7) is 8.41. The molecule has 5 nitrogen and oxygen atoms in total. The van der Waals surface area contributed by atoms with E-state index in [-0.39, 0.29) is 11.6 Å². The van der Waals surface area contributed by atoms with Crippen molar-refractivity contribution in [3.63, 3.8) is 0 Å². The summed E-state index contributed by atoms with van der Waals surface area (Å²) in [5.41, 5.74) is 5.40. The normalized spacial score (nSPS) is 11.6.